The average Bonchev–Trinajstić information content (AvgIpc) is 0.918. The SMILES string of the molecule is I[I-]I.[La]. The summed E-state index contributed by atoms with van der Waals surface area (Å²) in [5.74, 6) is 0. The van der Waals surface area contributed by atoms with E-state index in [-0.39, 0.29) is 35.6 Å². The fourth-order valence-electron chi connectivity index (χ4n) is 0. The number of rotatable bonds is 0. The summed E-state index contributed by atoms with van der Waals surface area (Å²) in [4.78, 5) is 0. The third kappa shape index (κ3) is 9.04. The zero-order chi connectivity index (χ0) is 2.71. The van der Waals surface area contributed by atoms with Crippen LogP contribution in [0.1, 0.15) is 0 Å². The van der Waals surface area contributed by atoms with Gasteiger partial charge in [-0.2, -0.15) is 0 Å². The number of halogens is 3. The summed E-state index contributed by atoms with van der Waals surface area (Å²) in [6, 6.07) is 0. The summed E-state index contributed by atoms with van der Waals surface area (Å²) in [5, 5.41) is 0. The molecule has 1 radical (unpaired) electrons. The molecule has 0 saturated heterocycles. The Hall–Kier alpha value is 3.38. The van der Waals surface area contributed by atoms with Crippen molar-refractivity contribution < 1.29 is 48.9 Å². The molecule has 0 aromatic rings. The number of hydrogen-bond donors (Lipinski definition) is 0. The molecule has 0 nitrogen and oxygen atoms in total. The molecule has 0 aliphatic carbocycles. The van der Waals surface area contributed by atoms with Gasteiger partial charge in [-0.25, -0.2) is 0 Å². The zero-order valence-electron chi connectivity index (χ0n) is 1.71. The summed E-state index contributed by atoms with van der Waals surface area (Å²) in [5.41, 5.74) is 0. The van der Waals surface area contributed by atoms with Crippen molar-refractivity contribution >= 4 is 37.2 Å². The van der Waals surface area contributed by atoms with Crippen molar-refractivity contribution in [3.05, 3.63) is 0 Å². The summed E-state index contributed by atoms with van der Waals surface area (Å²) in [7, 11) is 0. The van der Waals surface area contributed by atoms with E-state index in [0.717, 1.165) is 0 Å². The average molecular weight is 520 g/mol. The molecule has 0 N–H and O–H groups in total. The minimum Gasteiger partial charge on any atom is 0 e. The van der Waals surface area contributed by atoms with E-state index in [2.05, 4.69) is 37.2 Å². The first-order chi connectivity index (χ1) is 1.41. The molecule has 0 saturated carbocycles. The Morgan fingerprint density at radius 1 is 1.25 bits per heavy atom. The quantitative estimate of drug-likeness (QED) is 0.352. The predicted octanol–water partition coefficient (Wildman–Crippen LogP) is -1.22. The molecule has 0 amide bonds. The van der Waals surface area contributed by atoms with Crippen molar-refractivity contribution in [1.82, 2.24) is 0 Å². The normalized spacial score (nSPS) is 5.50. The second kappa shape index (κ2) is 9.63. The van der Waals surface area contributed by atoms with Gasteiger partial charge in [-0.05, 0) is 0 Å². The van der Waals surface area contributed by atoms with E-state index in [4.69, 9.17) is 0 Å². The molecule has 0 aromatic heterocycles. The monoisotopic (exact) mass is 520 g/mol. The Morgan fingerprint density at radius 3 is 1.25 bits per heavy atom. The van der Waals surface area contributed by atoms with Crippen LogP contribution in [0.4, 0.5) is 0 Å². The molecule has 25 valence electrons. The molecular weight excluding hydrogens is 520 g/mol. The van der Waals surface area contributed by atoms with Gasteiger partial charge in [0.25, 0.3) is 0 Å². The summed E-state index contributed by atoms with van der Waals surface area (Å²) < 4.78 is 0. The van der Waals surface area contributed by atoms with Gasteiger partial charge >= 0.3 is 50.5 Å². The molecule has 0 rings (SSSR count). The van der Waals surface area contributed by atoms with Crippen LogP contribution >= 0.6 is 37.2 Å². The number of hydrogen-bond acceptors (Lipinski definition) is 0. The molecule has 4 heteroatoms. The Kier molecular flexibility index (Phi) is 25.0. The van der Waals surface area contributed by atoms with Crippen molar-refractivity contribution in [1.29, 1.82) is 0 Å². The third-order valence-corrected chi connectivity index (χ3v) is 0. The Balaban J connectivity index is 0. The summed E-state index contributed by atoms with van der Waals surface area (Å²) in [6.45, 7) is 0. The second-order valence-corrected chi connectivity index (χ2v) is 16.3. The first-order valence-corrected chi connectivity index (χ1v) is 12.9. The van der Waals surface area contributed by atoms with Crippen LogP contribution < -0.4 is 13.3 Å². The zero-order valence-corrected chi connectivity index (χ0v) is 11.8. The Morgan fingerprint density at radius 2 is 1.25 bits per heavy atom. The van der Waals surface area contributed by atoms with Gasteiger partial charge in [-0.15, -0.1) is 0 Å². The van der Waals surface area contributed by atoms with E-state index in [1.165, 1.54) is 0 Å². The first-order valence-electron chi connectivity index (χ1n) is 0.286. The van der Waals surface area contributed by atoms with Crippen LogP contribution in [0.15, 0.2) is 0 Å². The van der Waals surface area contributed by atoms with Crippen LogP contribution in [0, 0.1) is 35.6 Å². The van der Waals surface area contributed by atoms with Gasteiger partial charge in [0.15, 0.2) is 0 Å². The topological polar surface area (TPSA) is 0 Å². The fraction of sp³-hybridized carbons (Fsp3) is 0. The van der Waals surface area contributed by atoms with Crippen molar-refractivity contribution in [3.63, 3.8) is 0 Å². The van der Waals surface area contributed by atoms with Gasteiger partial charge in [-0.1, -0.05) is 0 Å². The van der Waals surface area contributed by atoms with Gasteiger partial charge < -0.3 is 0 Å². The molecule has 4 heavy (non-hydrogen) atoms. The van der Waals surface area contributed by atoms with Gasteiger partial charge in [0, 0.05) is 35.6 Å². The molecule has 0 bridgehead atoms. The fourth-order valence-corrected chi connectivity index (χ4v) is 0. The largest absolute Gasteiger partial charge is 0 e. The van der Waals surface area contributed by atoms with Crippen LogP contribution in [0.5, 0.6) is 0 Å². The molecule has 0 atom stereocenters. The maximum absolute atomic E-state index is 2.39. The van der Waals surface area contributed by atoms with Crippen LogP contribution in [0.2, 0.25) is 0 Å². The van der Waals surface area contributed by atoms with Gasteiger partial charge in [0.2, 0.25) is 0 Å². The summed E-state index contributed by atoms with van der Waals surface area (Å²) >= 11 is 5.30. The van der Waals surface area contributed by atoms with Crippen molar-refractivity contribution in [2.45, 2.75) is 0 Å². The van der Waals surface area contributed by atoms with Crippen molar-refractivity contribution in [3.8, 4) is 0 Å². The maximum Gasteiger partial charge on any atom is 0 e. The molecule has 0 unspecified atom stereocenters. The van der Waals surface area contributed by atoms with E-state index in [9.17, 15) is 0 Å². The van der Waals surface area contributed by atoms with Crippen LogP contribution in [0.3, 0.4) is 0 Å². The maximum atomic E-state index is 2.39. The Labute approximate surface area is 83.5 Å². The van der Waals surface area contributed by atoms with Crippen molar-refractivity contribution in [2.24, 2.45) is 0 Å². The molecule has 0 heterocycles. The standard InChI is InChI=1S/I3.La/c1-3-2;/q-1;. The minimum absolute atomic E-state index is 0. The Bertz CT molecular complexity index is 3.25. The van der Waals surface area contributed by atoms with Crippen LogP contribution in [0.25, 0.3) is 0 Å². The molecule has 0 fully saturated rings. The van der Waals surface area contributed by atoms with E-state index >= 15 is 0 Å². The molecule has 0 aliphatic rings. The van der Waals surface area contributed by atoms with E-state index in [0.29, 0.717) is 13.3 Å². The molecule has 0 aromatic carbocycles. The molecule has 0 spiro atoms. The third-order valence-electron chi connectivity index (χ3n) is 0. The van der Waals surface area contributed by atoms with E-state index in [1.807, 2.05) is 0 Å². The van der Waals surface area contributed by atoms with E-state index in [1.54, 1.807) is 0 Å². The van der Waals surface area contributed by atoms with Gasteiger partial charge in [0.1, 0.15) is 0 Å². The second-order valence-electron chi connectivity index (χ2n) is 0.0540. The predicted molar refractivity (Wildman–Crippen MR) is 28.0 cm³/mol. The van der Waals surface area contributed by atoms with E-state index < -0.39 is 0 Å². The van der Waals surface area contributed by atoms with Crippen LogP contribution in [-0.2, 0) is 0 Å². The van der Waals surface area contributed by atoms with Gasteiger partial charge in [-0.3, -0.25) is 0 Å². The van der Waals surface area contributed by atoms with Crippen molar-refractivity contribution in [2.75, 3.05) is 0 Å². The summed E-state index contributed by atoms with van der Waals surface area (Å²) in [6.07, 6.45) is 0. The first kappa shape index (κ1) is 10.4. The minimum atomic E-state index is 0. The van der Waals surface area contributed by atoms with Crippen LogP contribution in [-0.4, -0.2) is 0 Å². The smallest absolute Gasteiger partial charge is 0 e. The molecule has 0 aliphatic heterocycles. The molecular formula is I3La-. The van der Waals surface area contributed by atoms with Gasteiger partial charge in [0.05, 0.1) is 0 Å².